The highest BCUT2D eigenvalue weighted by atomic mass is 16.3. The molecule has 0 saturated carbocycles. The second-order valence-corrected chi connectivity index (χ2v) is 3.06. The highest BCUT2D eigenvalue weighted by Crippen LogP contribution is 2.21. The first-order valence-electron chi connectivity index (χ1n) is 4.55. The SMILES string of the molecule is CNC(=O)CNC(=O)c1cc(O)ccc1O. The molecule has 0 atom stereocenters. The third kappa shape index (κ3) is 2.88. The molecule has 0 aliphatic carbocycles. The molecule has 86 valence electrons. The largest absolute Gasteiger partial charge is 0.508 e. The smallest absolute Gasteiger partial charge is 0.255 e. The van der Waals surface area contributed by atoms with Crippen molar-refractivity contribution < 1.29 is 19.8 Å². The van der Waals surface area contributed by atoms with Gasteiger partial charge in [0.2, 0.25) is 5.91 Å². The summed E-state index contributed by atoms with van der Waals surface area (Å²) in [5, 5.41) is 23.1. The maximum absolute atomic E-state index is 11.5. The van der Waals surface area contributed by atoms with Crippen molar-refractivity contribution in [3.05, 3.63) is 23.8 Å². The third-order valence-corrected chi connectivity index (χ3v) is 1.91. The Balaban J connectivity index is 2.73. The second kappa shape index (κ2) is 5.01. The first-order valence-corrected chi connectivity index (χ1v) is 4.55. The van der Waals surface area contributed by atoms with Crippen LogP contribution in [0, 0.1) is 0 Å². The van der Waals surface area contributed by atoms with Crippen molar-refractivity contribution in [2.75, 3.05) is 13.6 Å². The number of nitrogens with one attached hydrogen (secondary N) is 2. The van der Waals surface area contributed by atoms with Crippen molar-refractivity contribution >= 4 is 11.8 Å². The van der Waals surface area contributed by atoms with Gasteiger partial charge in [-0.1, -0.05) is 0 Å². The maximum atomic E-state index is 11.5. The first kappa shape index (κ1) is 11.8. The summed E-state index contributed by atoms with van der Waals surface area (Å²) < 4.78 is 0. The lowest BCUT2D eigenvalue weighted by Gasteiger charge is -2.06. The van der Waals surface area contributed by atoms with Crippen LogP contribution >= 0.6 is 0 Å². The minimum absolute atomic E-state index is 0.0797. The molecule has 0 unspecified atom stereocenters. The molecule has 0 heterocycles. The Hall–Kier alpha value is -2.24. The molecule has 0 saturated heterocycles. The Morgan fingerprint density at radius 2 is 2.00 bits per heavy atom. The van der Waals surface area contributed by atoms with Crippen molar-refractivity contribution in [2.45, 2.75) is 0 Å². The standard InChI is InChI=1S/C10H12N2O4/c1-11-9(15)5-12-10(16)7-4-6(13)2-3-8(7)14/h2-4,13-14H,5H2,1H3,(H,11,15)(H,12,16). The van der Waals surface area contributed by atoms with E-state index in [4.69, 9.17) is 5.11 Å². The fraction of sp³-hybridized carbons (Fsp3) is 0.200. The quantitative estimate of drug-likeness (QED) is 0.524. The van der Waals surface area contributed by atoms with E-state index in [1.54, 1.807) is 0 Å². The summed E-state index contributed by atoms with van der Waals surface area (Å²) in [4.78, 5) is 22.3. The van der Waals surface area contributed by atoms with E-state index in [-0.39, 0.29) is 29.5 Å². The molecule has 2 amide bonds. The number of carbonyl (C=O) groups excluding carboxylic acids is 2. The number of phenolic OH excluding ortho intramolecular Hbond substituents is 2. The van der Waals surface area contributed by atoms with E-state index in [9.17, 15) is 14.7 Å². The highest BCUT2D eigenvalue weighted by Gasteiger charge is 2.12. The molecule has 0 aliphatic rings. The van der Waals surface area contributed by atoms with Crippen molar-refractivity contribution in [3.63, 3.8) is 0 Å². The molecule has 1 rings (SSSR count). The molecule has 1 aromatic rings. The monoisotopic (exact) mass is 224 g/mol. The zero-order valence-electron chi connectivity index (χ0n) is 8.65. The van der Waals surface area contributed by atoms with Gasteiger partial charge in [-0.3, -0.25) is 9.59 Å². The predicted molar refractivity (Wildman–Crippen MR) is 56.2 cm³/mol. The van der Waals surface area contributed by atoms with Crippen molar-refractivity contribution in [2.24, 2.45) is 0 Å². The van der Waals surface area contributed by atoms with Crippen LogP contribution in [0.5, 0.6) is 11.5 Å². The Kier molecular flexibility index (Phi) is 3.71. The molecular formula is C10H12N2O4. The number of amides is 2. The highest BCUT2D eigenvalue weighted by molar-refractivity contribution is 5.98. The normalized spacial score (nSPS) is 9.56. The number of phenols is 2. The summed E-state index contributed by atoms with van der Waals surface area (Å²) >= 11 is 0. The topological polar surface area (TPSA) is 98.7 Å². The summed E-state index contributed by atoms with van der Waals surface area (Å²) in [5.41, 5.74) is -0.0797. The maximum Gasteiger partial charge on any atom is 0.255 e. The number of likely N-dealkylation sites (N-methyl/N-ethyl adjacent to an activating group) is 1. The van der Waals surface area contributed by atoms with Crippen molar-refractivity contribution in [3.8, 4) is 11.5 Å². The molecule has 0 fully saturated rings. The van der Waals surface area contributed by atoms with Gasteiger partial charge in [0.15, 0.2) is 0 Å². The van der Waals surface area contributed by atoms with E-state index in [1.165, 1.54) is 19.2 Å². The average molecular weight is 224 g/mol. The van der Waals surface area contributed by atoms with Crippen LogP contribution in [-0.4, -0.2) is 35.6 Å². The van der Waals surface area contributed by atoms with Crippen molar-refractivity contribution in [1.29, 1.82) is 0 Å². The van der Waals surface area contributed by atoms with Crippen LogP contribution in [0.25, 0.3) is 0 Å². The van der Waals surface area contributed by atoms with Gasteiger partial charge in [0.25, 0.3) is 5.91 Å². The van der Waals surface area contributed by atoms with Crippen LogP contribution in [0.15, 0.2) is 18.2 Å². The number of carbonyl (C=O) groups is 2. The molecule has 16 heavy (non-hydrogen) atoms. The Morgan fingerprint density at radius 3 is 2.62 bits per heavy atom. The summed E-state index contributed by atoms with van der Waals surface area (Å²) in [6.07, 6.45) is 0. The van der Waals surface area contributed by atoms with Gasteiger partial charge in [-0.25, -0.2) is 0 Å². The number of aromatic hydroxyl groups is 2. The number of benzene rings is 1. The lowest BCUT2D eigenvalue weighted by molar-refractivity contribution is -0.119. The summed E-state index contributed by atoms with van der Waals surface area (Å²) in [6.45, 7) is -0.190. The molecule has 1 aromatic carbocycles. The molecule has 0 aromatic heterocycles. The third-order valence-electron chi connectivity index (χ3n) is 1.91. The molecule has 4 N–H and O–H groups in total. The summed E-state index contributed by atoms with van der Waals surface area (Å²) in [5.74, 6) is -1.37. The number of hydrogen-bond donors (Lipinski definition) is 4. The zero-order chi connectivity index (χ0) is 12.1. The van der Waals surface area contributed by atoms with E-state index in [2.05, 4.69) is 10.6 Å². The van der Waals surface area contributed by atoms with Gasteiger partial charge in [0.1, 0.15) is 11.5 Å². The summed E-state index contributed by atoms with van der Waals surface area (Å²) in [6, 6.07) is 3.57. The molecule has 6 heteroatoms. The lowest BCUT2D eigenvalue weighted by Crippen LogP contribution is -2.35. The number of rotatable bonds is 3. The Morgan fingerprint density at radius 1 is 1.31 bits per heavy atom. The molecule has 0 bridgehead atoms. The van der Waals surface area contributed by atoms with E-state index in [1.807, 2.05) is 0 Å². The van der Waals surface area contributed by atoms with Gasteiger partial charge >= 0.3 is 0 Å². The van der Waals surface area contributed by atoms with E-state index in [0.717, 1.165) is 6.07 Å². The van der Waals surface area contributed by atoms with E-state index in [0.29, 0.717) is 0 Å². The van der Waals surface area contributed by atoms with Gasteiger partial charge < -0.3 is 20.8 Å². The van der Waals surface area contributed by atoms with Crippen LogP contribution in [0.1, 0.15) is 10.4 Å². The fourth-order valence-corrected chi connectivity index (χ4v) is 1.05. The van der Waals surface area contributed by atoms with Crippen molar-refractivity contribution in [1.82, 2.24) is 10.6 Å². The van der Waals surface area contributed by atoms with Gasteiger partial charge in [-0.15, -0.1) is 0 Å². The molecule has 6 nitrogen and oxygen atoms in total. The number of hydrogen-bond acceptors (Lipinski definition) is 4. The lowest BCUT2D eigenvalue weighted by atomic mass is 10.2. The van der Waals surface area contributed by atoms with Gasteiger partial charge in [-0.05, 0) is 18.2 Å². The summed E-state index contributed by atoms with van der Waals surface area (Å²) in [7, 11) is 1.44. The molecule has 0 radical (unpaired) electrons. The van der Waals surface area contributed by atoms with Gasteiger partial charge in [-0.2, -0.15) is 0 Å². The van der Waals surface area contributed by atoms with Crippen LogP contribution < -0.4 is 10.6 Å². The zero-order valence-corrected chi connectivity index (χ0v) is 8.65. The van der Waals surface area contributed by atoms with Crippen LogP contribution in [0.3, 0.4) is 0 Å². The molecule has 0 aliphatic heterocycles. The second-order valence-electron chi connectivity index (χ2n) is 3.06. The van der Waals surface area contributed by atoms with Gasteiger partial charge in [0, 0.05) is 7.05 Å². The van der Waals surface area contributed by atoms with Crippen LogP contribution in [-0.2, 0) is 4.79 Å². The van der Waals surface area contributed by atoms with Gasteiger partial charge in [0.05, 0.1) is 12.1 Å². The predicted octanol–water partition coefficient (Wildman–Crippen LogP) is -0.426. The molecule has 0 spiro atoms. The Bertz CT molecular complexity index is 417. The average Bonchev–Trinajstić information content (AvgIpc) is 2.28. The molecular weight excluding hydrogens is 212 g/mol. The van der Waals surface area contributed by atoms with Crippen LogP contribution in [0.4, 0.5) is 0 Å². The minimum Gasteiger partial charge on any atom is -0.508 e. The Labute approximate surface area is 91.9 Å². The fourth-order valence-electron chi connectivity index (χ4n) is 1.05. The first-order chi connectivity index (χ1) is 7.54. The minimum atomic E-state index is -0.628. The van der Waals surface area contributed by atoms with Crippen LogP contribution in [0.2, 0.25) is 0 Å². The van der Waals surface area contributed by atoms with E-state index < -0.39 is 5.91 Å². The van der Waals surface area contributed by atoms with E-state index >= 15 is 0 Å².